The van der Waals surface area contributed by atoms with Crippen molar-refractivity contribution in [3.8, 4) is 0 Å². The molecule has 0 atom stereocenters. The number of aromatic amines is 1. The number of hydrogen-bond acceptors (Lipinski definition) is 5. The zero-order chi connectivity index (χ0) is 15.8. The molecule has 6 nitrogen and oxygen atoms in total. The molecular formula is C16H16N4O2S. The highest BCUT2D eigenvalue weighted by molar-refractivity contribution is 7.11. The van der Waals surface area contributed by atoms with Crippen molar-refractivity contribution in [3.63, 3.8) is 0 Å². The van der Waals surface area contributed by atoms with E-state index in [1.807, 2.05) is 25.1 Å². The second kappa shape index (κ2) is 5.75. The number of aromatic nitrogens is 3. The van der Waals surface area contributed by atoms with Gasteiger partial charge < -0.3 is 10.1 Å². The summed E-state index contributed by atoms with van der Waals surface area (Å²) in [5.74, 6) is -0.189. The van der Waals surface area contributed by atoms with E-state index in [0.29, 0.717) is 18.8 Å². The quantitative estimate of drug-likeness (QED) is 0.773. The fraction of sp³-hybridized carbons (Fsp3) is 0.312. The minimum atomic E-state index is -0.189. The van der Waals surface area contributed by atoms with Gasteiger partial charge in [-0.25, -0.2) is 4.98 Å². The fourth-order valence-electron chi connectivity index (χ4n) is 2.69. The highest BCUT2D eigenvalue weighted by Crippen LogP contribution is 2.23. The first kappa shape index (κ1) is 14.3. The lowest BCUT2D eigenvalue weighted by Gasteiger charge is -2.08. The molecule has 23 heavy (non-hydrogen) atoms. The summed E-state index contributed by atoms with van der Waals surface area (Å²) in [4.78, 5) is 18.2. The second-order valence-corrected chi connectivity index (χ2v) is 6.75. The van der Waals surface area contributed by atoms with Crippen molar-refractivity contribution in [2.24, 2.45) is 0 Å². The van der Waals surface area contributed by atoms with Crippen LogP contribution in [-0.4, -0.2) is 27.7 Å². The fourth-order valence-corrected chi connectivity index (χ4v) is 3.69. The van der Waals surface area contributed by atoms with Gasteiger partial charge >= 0.3 is 0 Å². The van der Waals surface area contributed by atoms with Crippen molar-refractivity contribution in [1.82, 2.24) is 20.5 Å². The van der Waals surface area contributed by atoms with Crippen molar-refractivity contribution >= 4 is 28.1 Å². The van der Waals surface area contributed by atoms with E-state index in [4.69, 9.17) is 4.74 Å². The summed E-state index contributed by atoms with van der Waals surface area (Å²) < 4.78 is 5.42. The number of thiazole rings is 1. The number of nitrogens with one attached hydrogen (secondary N) is 2. The number of ether oxygens (including phenoxy) is 1. The molecule has 0 spiro atoms. The van der Waals surface area contributed by atoms with Crippen LogP contribution >= 0.6 is 11.3 Å². The molecule has 2 aromatic heterocycles. The molecule has 0 unspecified atom stereocenters. The summed E-state index contributed by atoms with van der Waals surface area (Å²) in [5, 5.41) is 11.7. The van der Waals surface area contributed by atoms with Crippen LogP contribution in [0, 0.1) is 6.92 Å². The van der Waals surface area contributed by atoms with Crippen LogP contribution in [0.4, 0.5) is 0 Å². The average molecular weight is 328 g/mol. The number of carbonyl (C=O) groups is 1. The number of hydrogen-bond donors (Lipinski definition) is 2. The molecule has 0 radical (unpaired) electrons. The molecule has 0 bridgehead atoms. The third kappa shape index (κ3) is 2.73. The lowest BCUT2D eigenvalue weighted by molar-refractivity contribution is 0.0947. The predicted molar refractivity (Wildman–Crippen MR) is 87.5 cm³/mol. The minimum Gasteiger partial charge on any atom is -0.375 e. The Hall–Kier alpha value is -2.25. The maximum absolute atomic E-state index is 12.4. The van der Waals surface area contributed by atoms with Crippen LogP contribution in [0.15, 0.2) is 18.2 Å². The van der Waals surface area contributed by atoms with Crippen molar-refractivity contribution < 1.29 is 9.53 Å². The van der Waals surface area contributed by atoms with Gasteiger partial charge in [0.25, 0.3) is 5.91 Å². The van der Waals surface area contributed by atoms with E-state index in [0.717, 1.165) is 40.2 Å². The highest BCUT2D eigenvalue weighted by Gasteiger charge is 2.17. The minimum absolute atomic E-state index is 0.189. The normalized spacial score (nSPS) is 14.0. The number of amides is 1. The van der Waals surface area contributed by atoms with Gasteiger partial charge in [0.2, 0.25) is 0 Å². The van der Waals surface area contributed by atoms with Crippen LogP contribution in [-0.2, 0) is 24.3 Å². The van der Waals surface area contributed by atoms with Crippen LogP contribution in [0.3, 0.4) is 0 Å². The Morgan fingerprint density at radius 3 is 3.26 bits per heavy atom. The van der Waals surface area contributed by atoms with Gasteiger partial charge in [-0.3, -0.25) is 9.89 Å². The Kier molecular flexibility index (Phi) is 3.59. The molecule has 4 rings (SSSR count). The predicted octanol–water partition coefficient (Wildman–Crippen LogP) is 2.33. The van der Waals surface area contributed by atoms with E-state index in [1.54, 1.807) is 11.3 Å². The SMILES string of the molecule is Cc1ccc2[nH]nc(C(=O)NCc3nc4c(s3)COCC4)c2c1. The summed E-state index contributed by atoms with van der Waals surface area (Å²) in [6.07, 6.45) is 0.850. The van der Waals surface area contributed by atoms with Crippen molar-refractivity contribution in [1.29, 1.82) is 0 Å². The van der Waals surface area contributed by atoms with Gasteiger partial charge in [-0.1, -0.05) is 11.6 Å². The van der Waals surface area contributed by atoms with Crippen molar-refractivity contribution in [2.45, 2.75) is 26.5 Å². The maximum atomic E-state index is 12.4. The van der Waals surface area contributed by atoms with Crippen molar-refractivity contribution in [3.05, 3.63) is 45.0 Å². The lowest BCUT2D eigenvalue weighted by Crippen LogP contribution is -2.23. The van der Waals surface area contributed by atoms with E-state index in [1.165, 1.54) is 4.88 Å². The smallest absolute Gasteiger partial charge is 0.272 e. The van der Waals surface area contributed by atoms with Gasteiger partial charge in [-0.2, -0.15) is 5.10 Å². The molecule has 1 amide bonds. The molecule has 7 heteroatoms. The Morgan fingerprint density at radius 1 is 1.48 bits per heavy atom. The van der Waals surface area contributed by atoms with Crippen LogP contribution in [0.2, 0.25) is 0 Å². The van der Waals surface area contributed by atoms with Crippen LogP contribution < -0.4 is 5.32 Å². The molecule has 0 fully saturated rings. The first-order valence-electron chi connectivity index (χ1n) is 7.49. The van der Waals surface area contributed by atoms with Crippen molar-refractivity contribution in [2.75, 3.05) is 6.61 Å². The zero-order valence-electron chi connectivity index (χ0n) is 12.7. The maximum Gasteiger partial charge on any atom is 0.272 e. The van der Waals surface area contributed by atoms with Gasteiger partial charge in [-0.15, -0.1) is 11.3 Å². The summed E-state index contributed by atoms with van der Waals surface area (Å²) in [6, 6.07) is 5.89. The Balaban J connectivity index is 1.51. The number of H-pyrrole nitrogens is 1. The van der Waals surface area contributed by atoms with E-state index in [9.17, 15) is 4.79 Å². The van der Waals surface area contributed by atoms with E-state index < -0.39 is 0 Å². The Morgan fingerprint density at radius 2 is 2.39 bits per heavy atom. The van der Waals surface area contributed by atoms with Gasteiger partial charge in [0.05, 0.1) is 35.8 Å². The van der Waals surface area contributed by atoms with Gasteiger partial charge in [0.15, 0.2) is 5.69 Å². The first-order valence-corrected chi connectivity index (χ1v) is 8.30. The average Bonchev–Trinajstić information content (AvgIpc) is 3.15. The third-order valence-corrected chi connectivity index (χ3v) is 4.94. The van der Waals surface area contributed by atoms with Crippen LogP contribution in [0.25, 0.3) is 10.9 Å². The summed E-state index contributed by atoms with van der Waals surface area (Å²) in [5.41, 5.74) is 3.49. The van der Waals surface area contributed by atoms with Gasteiger partial charge in [0, 0.05) is 11.8 Å². The Bertz CT molecular complexity index is 860. The monoisotopic (exact) mass is 328 g/mol. The number of rotatable bonds is 3. The van der Waals surface area contributed by atoms with Gasteiger partial charge in [-0.05, 0) is 19.1 Å². The molecule has 1 aliphatic rings. The summed E-state index contributed by atoms with van der Waals surface area (Å²) in [7, 11) is 0. The molecule has 118 valence electrons. The molecular weight excluding hydrogens is 312 g/mol. The largest absolute Gasteiger partial charge is 0.375 e. The van der Waals surface area contributed by atoms with E-state index in [-0.39, 0.29) is 5.91 Å². The second-order valence-electron chi connectivity index (χ2n) is 5.58. The standard InChI is InChI=1S/C16H16N4O2S/c1-9-2-3-11-10(6-9)15(20-19-11)16(21)17-7-14-18-12-4-5-22-8-13(12)23-14/h2-3,6H,4-5,7-8H2,1H3,(H,17,21)(H,19,20). The molecule has 3 aromatic rings. The van der Waals surface area contributed by atoms with E-state index in [2.05, 4.69) is 20.5 Å². The first-order chi connectivity index (χ1) is 11.2. The molecule has 0 aliphatic carbocycles. The van der Waals surface area contributed by atoms with Crippen LogP contribution in [0.5, 0.6) is 0 Å². The molecule has 0 saturated carbocycles. The van der Waals surface area contributed by atoms with E-state index >= 15 is 0 Å². The van der Waals surface area contributed by atoms with Crippen LogP contribution in [0.1, 0.15) is 31.6 Å². The number of nitrogens with zero attached hydrogens (tertiary/aromatic N) is 2. The molecule has 0 saturated heterocycles. The number of aryl methyl sites for hydroxylation is 1. The number of benzene rings is 1. The zero-order valence-corrected chi connectivity index (χ0v) is 13.5. The number of fused-ring (bicyclic) bond motifs is 2. The molecule has 1 aromatic carbocycles. The summed E-state index contributed by atoms with van der Waals surface area (Å²) in [6.45, 7) is 3.76. The number of carbonyl (C=O) groups excluding carboxylic acids is 1. The summed E-state index contributed by atoms with van der Waals surface area (Å²) >= 11 is 1.60. The molecule has 3 heterocycles. The molecule has 1 aliphatic heterocycles. The topological polar surface area (TPSA) is 79.9 Å². The highest BCUT2D eigenvalue weighted by atomic mass is 32.1. The lowest BCUT2D eigenvalue weighted by atomic mass is 10.1. The van der Waals surface area contributed by atoms with Gasteiger partial charge in [0.1, 0.15) is 5.01 Å². The Labute approximate surface area is 136 Å². The molecule has 2 N–H and O–H groups in total. The third-order valence-electron chi connectivity index (χ3n) is 3.87.